The molecule has 0 N–H and O–H groups in total. The van der Waals surface area contributed by atoms with Gasteiger partial charge in [0.05, 0.1) is 6.61 Å². The van der Waals surface area contributed by atoms with Gasteiger partial charge in [-0.05, 0) is 29.4 Å². The first-order chi connectivity index (χ1) is 8.04. The second-order valence-corrected chi connectivity index (χ2v) is 5.83. The molecule has 0 spiro atoms. The maximum Gasteiger partial charge on any atom is 0.0554 e. The molecule has 0 unspecified atom stereocenters. The lowest BCUT2D eigenvalue weighted by Gasteiger charge is -2.19. The van der Waals surface area contributed by atoms with Gasteiger partial charge in [-0.3, -0.25) is 0 Å². The molecule has 1 rings (SSSR count). The Balaban J connectivity index is 2.36. The predicted molar refractivity (Wildman–Crippen MR) is 78.1 cm³/mol. The molecule has 1 aromatic carbocycles. The molecule has 0 atom stereocenters. The average molecular weight is 252 g/mol. The number of benzene rings is 1. The van der Waals surface area contributed by atoms with Crippen molar-refractivity contribution in [3.8, 4) is 0 Å². The normalized spacial score (nSPS) is 11.8. The van der Waals surface area contributed by atoms with Gasteiger partial charge in [-0.1, -0.05) is 45.0 Å². The third kappa shape index (κ3) is 5.60. The maximum atomic E-state index is 5.41. The molecule has 0 heterocycles. The van der Waals surface area contributed by atoms with Gasteiger partial charge in [-0.25, -0.2) is 0 Å². The van der Waals surface area contributed by atoms with Gasteiger partial charge in [0.25, 0.3) is 0 Å². The zero-order valence-corrected chi connectivity index (χ0v) is 12.1. The van der Waals surface area contributed by atoms with E-state index in [-0.39, 0.29) is 5.41 Å². The lowest BCUT2D eigenvalue weighted by Crippen LogP contribution is -2.10. The van der Waals surface area contributed by atoms with Crippen molar-refractivity contribution in [2.24, 2.45) is 0 Å². The zero-order valence-electron chi connectivity index (χ0n) is 11.2. The highest BCUT2D eigenvalue weighted by atomic mass is 32.1. The Kier molecular flexibility index (Phi) is 6.07. The van der Waals surface area contributed by atoms with Crippen LogP contribution >= 0.6 is 12.6 Å². The van der Waals surface area contributed by atoms with Crippen molar-refractivity contribution in [1.29, 1.82) is 0 Å². The van der Waals surface area contributed by atoms with E-state index in [4.69, 9.17) is 4.74 Å². The zero-order chi connectivity index (χ0) is 12.7. The van der Waals surface area contributed by atoms with E-state index >= 15 is 0 Å². The van der Waals surface area contributed by atoms with Crippen LogP contribution in [0.15, 0.2) is 24.3 Å². The standard InChI is InChI=1S/C15H24OS/c1-15(2,3)14-8-6-13(7-9-14)5-4-10-16-11-12-17/h6-9,17H,4-5,10-12H2,1-3H3. The van der Waals surface area contributed by atoms with Gasteiger partial charge >= 0.3 is 0 Å². The van der Waals surface area contributed by atoms with Crippen LogP contribution in [-0.4, -0.2) is 19.0 Å². The number of ether oxygens (including phenoxy) is 1. The first-order valence-corrected chi connectivity index (χ1v) is 6.95. The number of rotatable bonds is 6. The monoisotopic (exact) mass is 252 g/mol. The SMILES string of the molecule is CC(C)(C)c1ccc(CCCOCCS)cc1. The first kappa shape index (κ1) is 14.6. The molecule has 0 aliphatic rings. The van der Waals surface area contributed by atoms with E-state index in [9.17, 15) is 0 Å². The fraction of sp³-hybridized carbons (Fsp3) is 0.600. The molecule has 17 heavy (non-hydrogen) atoms. The topological polar surface area (TPSA) is 9.23 Å². The van der Waals surface area contributed by atoms with Crippen molar-refractivity contribution in [2.45, 2.75) is 39.0 Å². The quantitative estimate of drug-likeness (QED) is 0.597. The minimum absolute atomic E-state index is 0.244. The van der Waals surface area contributed by atoms with Crippen molar-refractivity contribution in [3.05, 3.63) is 35.4 Å². The molecule has 0 radical (unpaired) electrons. The lowest BCUT2D eigenvalue weighted by atomic mass is 9.86. The molecule has 0 saturated heterocycles. The first-order valence-electron chi connectivity index (χ1n) is 6.32. The van der Waals surface area contributed by atoms with Crippen molar-refractivity contribution in [2.75, 3.05) is 19.0 Å². The summed E-state index contributed by atoms with van der Waals surface area (Å²) in [6, 6.07) is 8.95. The number of aryl methyl sites for hydroxylation is 1. The molecule has 0 amide bonds. The van der Waals surface area contributed by atoms with E-state index in [0.29, 0.717) is 0 Å². The van der Waals surface area contributed by atoms with Crippen molar-refractivity contribution in [1.82, 2.24) is 0 Å². The molecular weight excluding hydrogens is 228 g/mol. The van der Waals surface area contributed by atoms with Crippen LogP contribution < -0.4 is 0 Å². The summed E-state index contributed by atoms with van der Waals surface area (Å²) < 4.78 is 5.41. The second kappa shape index (κ2) is 7.07. The third-order valence-corrected chi connectivity index (χ3v) is 2.99. The molecule has 2 heteroatoms. The van der Waals surface area contributed by atoms with Gasteiger partial charge in [-0.2, -0.15) is 12.6 Å². The number of thiol groups is 1. The molecule has 0 aromatic heterocycles. The molecule has 0 bridgehead atoms. The molecule has 0 aliphatic carbocycles. The van der Waals surface area contributed by atoms with Crippen molar-refractivity contribution in [3.63, 3.8) is 0 Å². The van der Waals surface area contributed by atoms with Crippen molar-refractivity contribution < 1.29 is 4.74 Å². The van der Waals surface area contributed by atoms with E-state index < -0.39 is 0 Å². The summed E-state index contributed by atoms with van der Waals surface area (Å²) in [4.78, 5) is 0. The molecule has 1 nitrogen and oxygen atoms in total. The van der Waals surface area contributed by atoms with Gasteiger partial charge in [0.1, 0.15) is 0 Å². The molecule has 0 aliphatic heterocycles. The van der Waals surface area contributed by atoms with Crippen LogP contribution in [-0.2, 0) is 16.6 Å². The summed E-state index contributed by atoms with van der Waals surface area (Å²) in [5.74, 6) is 0.806. The Bertz CT molecular complexity index is 311. The minimum atomic E-state index is 0.244. The maximum absolute atomic E-state index is 5.41. The Morgan fingerprint density at radius 3 is 2.24 bits per heavy atom. The summed E-state index contributed by atoms with van der Waals surface area (Å²) in [6.07, 6.45) is 2.18. The van der Waals surface area contributed by atoms with Crippen molar-refractivity contribution >= 4 is 12.6 Å². The van der Waals surface area contributed by atoms with Gasteiger partial charge in [0.2, 0.25) is 0 Å². The Hall–Kier alpha value is -0.470. The largest absolute Gasteiger partial charge is 0.381 e. The summed E-state index contributed by atoms with van der Waals surface area (Å²) in [6.45, 7) is 8.32. The second-order valence-electron chi connectivity index (χ2n) is 5.39. The summed E-state index contributed by atoms with van der Waals surface area (Å²) in [5.41, 5.74) is 3.04. The fourth-order valence-electron chi connectivity index (χ4n) is 1.72. The van der Waals surface area contributed by atoms with Crippen LogP contribution in [0.4, 0.5) is 0 Å². The highest BCUT2D eigenvalue weighted by molar-refractivity contribution is 7.80. The molecule has 1 aromatic rings. The van der Waals surface area contributed by atoms with E-state index in [1.54, 1.807) is 0 Å². The number of hydrogen-bond donors (Lipinski definition) is 1. The highest BCUT2D eigenvalue weighted by Crippen LogP contribution is 2.22. The van der Waals surface area contributed by atoms with Crippen LogP contribution in [0.5, 0.6) is 0 Å². The van der Waals surface area contributed by atoms with Gasteiger partial charge in [0, 0.05) is 12.4 Å². The average Bonchev–Trinajstić information content (AvgIpc) is 2.28. The third-order valence-electron chi connectivity index (χ3n) is 2.81. The summed E-state index contributed by atoms with van der Waals surface area (Å²) >= 11 is 4.11. The Labute approximate surface area is 111 Å². The summed E-state index contributed by atoms with van der Waals surface area (Å²) in [7, 11) is 0. The highest BCUT2D eigenvalue weighted by Gasteiger charge is 2.12. The Morgan fingerprint density at radius 2 is 1.71 bits per heavy atom. The Morgan fingerprint density at radius 1 is 1.06 bits per heavy atom. The van der Waals surface area contributed by atoms with E-state index in [1.165, 1.54) is 11.1 Å². The van der Waals surface area contributed by atoms with E-state index in [0.717, 1.165) is 31.8 Å². The summed E-state index contributed by atoms with van der Waals surface area (Å²) in [5, 5.41) is 0. The fourth-order valence-corrected chi connectivity index (χ4v) is 1.85. The van der Waals surface area contributed by atoms with Gasteiger partial charge < -0.3 is 4.74 Å². The van der Waals surface area contributed by atoms with Gasteiger partial charge in [-0.15, -0.1) is 0 Å². The van der Waals surface area contributed by atoms with Crippen LogP contribution in [0.3, 0.4) is 0 Å². The molecule has 0 saturated carbocycles. The predicted octanol–water partition coefficient (Wildman–Crippen LogP) is 3.86. The molecule has 96 valence electrons. The lowest BCUT2D eigenvalue weighted by molar-refractivity contribution is 0.148. The van der Waals surface area contributed by atoms with Crippen LogP contribution in [0, 0.1) is 0 Å². The molecular formula is C15H24OS. The van der Waals surface area contributed by atoms with Gasteiger partial charge in [0.15, 0.2) is 0 Å². The smallest absolute Gasteiger partial charge is 0.0554 e. The molecule has 0 fully saturated rings. The van der Waals surface area contributed by atoms with Crippen LogP contribution in [0.2, 0.25) is 0 Å². The van der Waals surface area contributed by atoms with Crippen LogP contribution in [0.1, 0.15) is 38.3 Å². The van der Waals surface area contributed by atoms with Crippen LogP contribution in [0.25, 0.3) is 0 Å². The van der Waals surface area contributed by atoms with E-state index in [2.05, 4.69) is 57.7 Å². The van der Waals surface area contributed by atoms with E-state index in [1.807, 2.05) is 0 Å². The minimum Gasteiger partial charge on any atom is -0.381 e. The number of hydrogen-bond acceptors (Lipinski definition) is 2.